The molecule has 148 valence electrons. The van der Waals surface area contributed by atoms with Gasteiger partial charge in [0.15, 0.2) is 0 Å². The van der Waals surface area contributed by atoms with E-state index in [-0.39, 0.29) is 18.8 Å². The van der Waals surface area contributed by atoms with Crippen LogP contribution in [0.1, 0.15) is 18.1 Å². The van der Waals surface area contributed by atoms with Gasteiger partial charge in [-0.15, -0.1) is 0 Å². The Hall–Kier alpha value is -3.55. The summed E-state index contributed by atoms with van der Waals surface area (Å²) in [5.41, 5.74) is 6.89. The monoisotopic (exact) mass is 385 g/mol. The number of carbonyl (C=O) groups is 3. The van der Waals surface area contributed by atoms with Crippen molar-refractivity contribution in [3.05, 3.63) is 65.7 Å². The van der Waals surface area contributed by atoms with Gasteiger partial charge in [-0.05, 0) is 30.2 Å². The molecule has 0 bridgehead atoms. The van der Waals surface area contributed by atoms with Gasteiger partial charge in [-0.1, -0.05) is 42.5 Å². The summed E-state index contributed by atoms with van der Waals surface area (Å²) in [4.78, 5) is 35.8. The van der Waals surface area contributed by atoms with Crippen LogP contribution in [0.2, 0.25) is 0 Å². The van der Waals surface area contributed by atoms with E-state index < -0.39 is 30.0 Å². The van der Waals surface area contributed by atoms with E-state index in [4.69, 9.17) is 10.5 Å². The number of phenols is 1. The van der Waals surface area contributed by atoms with Gasteiger partial charge in [-0.2, -0.15) is 0 Å². The molecule has 0 aliphatic rings. The Balaban J connectivity index is 1.85. The van der Waals surface area contributed by atoms with Crippen molar-refractivity contribution < 1.29 is 24.2 Å². The molecule has 8 nitrogen and oxygen atoms in total. The van der Waals surface area contributed by atoms with Crippen LogP contribution in [-0.2, 0) is 27.4 Å². The third-order valence-electron chi connectivity index (χ3n) is 3.98. The van der Waals surface area contributed by atoms with Gasteiger partial charge in [0, 0.05) is 6.42 Å². The smallest absolute Gasteiger partial charge is 0.408 e. The molecule has 5 N–H and O–H groups in total. The van der Waals surface area contributed by atoms with Crippen LogP contribution in [0.25, 0.3) is 0 Å². The first-order chi connectivity index (χ1) is 13.3. The van der Waals surface area contributed by atoms with E-state index in [0.717, 1.165) is 5.56 Å². The molecular weight excluding hydrogens is 362 g/mol. The SMILES string of the molecule is C[C@H](NC(=O)OCc1ccccc1)C(=O)N[C@H](Cc1ccc(O)cc1)C(N)=O. The van der Waals surface area contributed by atoms with E-state index in [1.54, 1.807) is 12.1 Å². The van der Waals surface area contributed by atoms with Crippen molar-refractivity contribution in [1.29, 1.82) is 0 Å². The molecule has 28 heavy (non-hydrogen) atoms. The molecule has 0 radical (unpaired) electrons. The predicted molar refractivity (Wildman–Crippen MR) is 102 cm³/mol. The van der Waals surface area contributed by atoms with Crippen molar-refractivity contribution in [2.45, 2.75) is 32.0 Å². The number of ether oxygens (including phenoxy) is 1. The number of phenolic OH excluding ortho intramolecular Hbond substituents is 1. The van der Waals surface area contributed by atoms with E-state index >= 15 is 0 Å². The van der Waals surface area contributed by atoms with Crippen LogP contribution < -0.4 is 16.4 Å². The average Bonchev–Trinajstić information content (AvgIpc) is 2.68. The van der Waals surface area contributed by atoms with Crippen LogP contribution in [0.5, 0.6) is 5.75 Å². The fourth-order valence-electron chi connectivity index (χ4n) is 2.39. The topological polar surface area (TPSA) is 131 Å². The number of alkyl carbamates (subject to hydrolysis) is 1. The van der Waals surface area contributed by atoms with Crippen molar-refractivity contribution in [2.24, 2.45) is 5.73 Å². The summed E-state index contributed by atoms with van der Waals surface area (Å²) in [7, 11) is 0. The molecule has 0 saturated heterocycles. The molecule has 8 heteroatoms. The predicted octanol–water partition coefficient (Wildman–Crippen LogP) is 1.22. The first-order valence-electron chi connectivity index (χ1n) is 8.70. The zero-order chi connectivity index (χ0) is 20.5. The van der Waals surface area contributed by atoms with Gasteiger partial charge in [0.05, 0.1) is 0 Å². The molecule has 0 unspecified atom stereocenters. The number of benzene rings is 2. The number of hydrogen-bond acceptors (Lipinski definition) is 5. The van der Waals surface area contributed by atoms with Gasteiger partial charge in [0.2, 0.25) is 11.8 Å². The lowest BCUT2D eigenvalue weighted by atomic mass is 10.0. The minimum absolute atomic E-state index is 0.0752. The number of nitrogens with one attached hydrogen (secondary N) is 2. The van der Waals surface area contributed by atoms with Crippen LogP contribution in [-0.4, -0.2) is 35.1 Å². The maximum Gasteiger partial charge on any atom is 0.408 e. The van der Waals surface area contributed by atoms with Crippen LogP contribution in [0.3, 0.4) is 0 Å². The van der Waals surface area contributed by atoms with Crippen molar-refractivity contribution in [2.75, 3.05) is 0 Å². The summed E-state index contributed by atoms with van der Waals surface area (Å²) < 4.78 is 5.06. The highest BCUT2D eigenvalue weighted by Crippen LogP contribution is 2.11. The molecule has 3 amide bonds. The number of aromatic hydroxyl groups is 1. The lowest BCUT2D eigenvalue weighted by molar-refractivity contribution is -0.128. The number of hydrogen-bond donors (Lipinski definition) is 4. The third kappa shape index (κ3) is 6.64. The lowest BCUT2D eigenvalue weighted by Gasteiger charge is -2.19. The van der Waals surface area contributed by atoms with Gasteiger partial charge >= 0.3 is 6.09 Å². The van der Waals surface area contributed by atoms with Crippen molar-refractivity contribution in [1.82, 2.24) is 10.6 Å². The van der Waals surface area contributed by atoms with Gasteiger partial charge in [-0.25, -0.2) is 4.79 Å². The Labute approximate surface area is 162 Å². The van der Waals surface area contributed by atoms with E-state index in [9.17, 15) is 19.5 Å². The van der Waals surface area contributed by atoms with Crippen LogP contribution in [0.4, 0.5) is 4.79 Å². The number of nitrogens with two attached hydrogens (primary N) is 1. The maximum absolute atomic E-state index is 12.3. The second-order valence-electron chi connectivity index (χ2n) is 6.26. The molecule has 2 rings (SSSR count). The highest BCUT2D eigenvalue weighted by molar-refractivity contribution is 5.90. The Morgan fingerprint density at radius 3 is 2.25 bits per heavy atom. The normalized spacial score (nSPS) is 12.5. The highest BCUT2D eigenvalue weighted by Gasteiger charge is 2.23. The van der Waals surface area contributed by atoms with E-state index in [2.05, 4.69) is 10.6 Å². The first kappa shape index (κ1) is 20.8. The summed E-state index contributed by atoms with van der Waals surface area (Å²) in [5, 5.41) is 14.2. The molecule has 0 saturated carbocycles. The largest absolute Gasteiger partial charge is 0.508 e. The fourth-order valence-corrected chi connectivity index (χ4v) is 2.39. The maximum atomic E-state index is 12.3. The molecule has 2 atom stereocenters. The summed E-state index contributed by atoms with van der Waals surface area (Å²) in [6.45, 7) is 1.55. The summed E-state index contributed by atoms with van der Waals surface area (Å²) >= 11 is 0. The van der Waals surface area contributed by atoms with E-state index in [1.165, 1.54) is 19.1 Å². The van der Waals surface area contributed by atoms with Crippen molar-refractivity contribution >= 4 is 17.9 Å². The Bertz CT molecular complexity index is 808. The van der Waals surface area contributed by atoms with Crippen molar-refractivity contribution in [3.63, 3.8) is 0 Å². The zero-order valence-corrected chi connectivity index (χ0v) is 15.4. The quantitative estimate of drug-likeness (QED) is 0.543. The van der Waals surface area contributed by atoms with Gasteiger partial charge in [-0.3, -0.25) is 9.59 Å². The molecule has 0 aliphatic heterocycles. The second kappa shape index (κ2) is 9.96. The molecular formula is C20H23N3O5. The summed E-state index contributed by atoms with van der Waals surface area (Å²) in [6.07, 6.45) is -0.590. The third-order valence-corrected chi connectivity index (χ3v) is 3.98. The second-order valence-corrected chi connectivity index (χ2v) is 6.26. The molecule has 0 spiro atoms. The highest BCUT2D eigenvalue weighted by atomic mass is 16.5. The number of amides is 3. The van der Waals surface area contributed by atoms with E-state index in [1.807, 2.05) is 30.3 Å². The van der Waals surface area contributed by atoms with Crippen LogP contribution in [0, 0.1) is 0 Å². The van der Waals surface area contributed by atoms with Gasteiger partial charge in [0.25, 0.3) is 0 Å². The average molecular weight is 385 g/mol. The number of primary amides is 1. The Kier molecular flexibility index (Phi) is 7.38. The summed E-state index contributed by atoms with van der Waals surface area (Å²) in [5.74, 6) is -1.19. The van der Waals surface area contributed by atoms with Gasteiger partial charge < -0.3 is 26.2 Å². The summed E-state index contributed by atoms with van der Waals surface area (Å²) in [6, 6.07) is 13.4. The molecule has 0 fully saturated rings. The van der Waals surface area contributed by atoms with Crippen LogP contribution in [0.15, 0.2) is 54.6 Å². The van der Waals surface area contributed by atoms with Gasteiger partial charge in [0.1, 0.15) is 24.4 Å². The van der Waals surface area contributed by atoms with Crippen molar-refractivity contribution in [3.8, 4) is 5.75 Å². The van der Waals surface area contributed by atoms with E-state index in [0.29, 0.717) is 5.56 Å². The Morgan fingerprint density at radius 1 is 1.00 bits per heavy atom. The molecule has 0 aromatic heterocycles. The first-order valence-corrected chi connectivity index (χ1v) is 8.70. The van der Waals surface area contributed by atoms with Crippen LogP contribution >= 0.6 is 0 Å². The fraction of sp³-hybridized carbons (Fsp3) is 0.250. The molecule has 2 aromatic rings. The molecule has 0 aliphatic carbocycles. The zero-order valence-electron chi connectivity index (χ0n) is 15.4. The number of carbonyl (C=O) groups excluding carboxylic acids is 3. The minimum Gasteiger partial charge on any atom is -0.508 e. The Morgan fingerprint density at radius 2 is 1.64 bits per heavy atom. The standard InChI is InChI=1S/C20H23N3O5/c1-13(22-20(27)28-12-15-5-3-2-4-6-15)19(26)23-17(18(21)25)11-14-7-9-16(24)10-8-14/h2-10,13,17,24H,11-12H2,1H3,(H2,21,25)(H,22,27)(H,23,26)/t13-,17+/m0/s1. The molecule has 0 heterocycles. The minimum atomic E-state index is -0.957. The number of rotatable bonds is 8. The molecule has 2 aromatic carbocycles. The lowest BCUT2D eigenvalue weighted by Crippen LogP contribution is -2.52.